The second-order valence-electron chi connectivity index (χ2n) is 8.52. The molecule has 8 nitrogen and oxygen atoms in total. The number of amides is 2. The van der Waals surface area contributed by atoms with Gasteiger partial charge in [-0.05, 0) is 49.3 Å². The maximum absolute atomic E-state index is 13.2. The van der Waals surface area contributed by atoms with Gasteiger partial charge in [0.1, 0.15) is 0 Å². The number of nitro groups is 1. The number of hydrogen-bond donors (Lipinski definition) is 0. The first kappa shape index (κ1) is 20.8. The van der Waals surface area contributed by atoms with Crippen LogP contribution in [0, 0.1) is 33.8 Å². The van der Waals surface area contributed by atoms with Crippen LogP contribution in [0.5, 0.6) is 5.75 Å². The van der Waals surface area contributed by atoms with Crippen molar-refractivity contribution in [2.75, 3.05) is 11.5 Å². The monoisotopic (exact) mass is 498 g/mol. The van der Waals surface area contributed by atoms with Gasteiger partial charge in [-0.15, -0.1) is 0 Å². The molecular weight excluding hydrogens is 480 g/mol. The van der Waals surface area contributed by atoms with Gasteiger partial charge >= 0.3 is 0 Å². The number of fused-ring (bicyclic) bond motifs is 5. The summed E-state index contributed by atoms with van der Waals surface area (Å²) in [7, 11) is 0. The molecule has 0 radical (unpaired) electrons. The van der Waals surface area contributed by atoms with Crippen LogP contribution in [0.2, 0.25) is 0 Å². The molecule has 2 bridgehead atoms. The third-order valence-electron chi connectivity index (χ3n) is 6.85. The lowest BCUT2D eigenvalue weighted by atomic mass is 9.81. The highest BCUT2D eigenvalue weighted by molar-refractivity contribution is 9.10. The summed E-state index contributed by atoms with van der Waals surface area (Å²) in [5.41, 5.74) is 0.321. The van der Waals surface area contributed by atoms with Gasteiger partial charge in [-0.25, -0.2) is 4.90 Å². The van der Waals surface area contributed by atoms with Crippen LogP contribution in [0.1, 0.15) is 29.6 Å². The summed E-state index contributed by atoms with van der Waals surface area (Å²) in [5.74, 6) is -1.12. The molecule has 0 unspecified atom stereocenters. The van der Waals surface area contributed by atoms with Gasteiger partial charge in [0.2, 0.25) is 11.8 Å². The van der Waals surface area contributed by atoms with E-state index in [2.05, 4.69) is 15.9 Å². The van der Waals surface area contributed by atoms with Crippen molar-refractivity contribution in [3.05, 3.63) is 62.6 Å². The Hall–Kier alpha value is -3.07. The van der Waals surface area contributed by atoms with Crippen LogP contribution in [0.4, 0.5) is 11.4 Å². The van der Waals surface area contributed by atoms with E-state index in [4.69, 9.17) is 4.74 Å². The van der Waals surface area contributed by atoms with E-state index >= 15 is 0 Å². The Kier molecular flexibility index (Phi) is 5.08. The third kappa shape index (κ3) is 3.31. The number of hydrogen-bond acceptors (Lipinski definition) is 6. The van der Waals surface area contributed by atoms with E-state index < -0.39 is 4.92 Å². The van der Waals surface area contributed by atoms with Crippen LogP contribution in [-0.2, 0) is 9.59 Å². The average molecular weight is 499 g/mol. The van der Waals surface area contributed by atoms with Gasteiger partial charge in [0.15, 0.2) is 18.1 Å². The predicted molar refractivity (Wildman–Crippen MR) is 117 cm³/mol. The van der Waals surface area contributed by atoms with Gasteiger partial charge in [0.25, 0.3) is 5.69 Å². The van der Waals surface area contributed by atoms with Crippen molar-refractivity contribution < 1.29 is 24.0 Å². The van der Waals surface area contributed by atoms with Crippen LogP contribution in [0.25, 0.3) is 0 Å². The summed E-state index contributed by atoms with van der Waals surface area (Å²) >= 11 is 3.31. The van der Waals surface area contributed by atoms with Crippen LogP contribution in [-0.4, -0.2) is 29.1 Å². The first-order valence-electron chi connectivity index (χ1n) is 10.4. The maximum Gasteiger partial charge on any atom is 0.273 e. The van der Waals surface area contributed by atoms with Crippen LogP contribution in [0.15, 0.2) is 46.9 Å². The fraction of sp³-hybridized carbons (Fsp3) is 0.348. The van der Waals surface area contributed by atoms with Gasteiger partial charge < -0.3 is 4.74 Å². The van der Waals surface area contributed by atoms with E-state index in [0.717, 1.165) is 34.7 Å². The molecule has 2 aromatic rings. The van der Waals surface area contributed by atoms with E-state index in [9.17, 15) is 24.5 Å². The molecule has 2 aliphatic carbocycles. The number of ketones is 1. The summed E-state index contributed by atoms with van der Waals surface area (Å²) in [6.45, 7) is -0.385. The van der Waals surface area contributed by atoms with Crippen LogP contribution >= 0.6 is 15.9 Å². The molecule has 0 aromatic heterocycles. The number of carbonyl (C=O) groups is 3. The highest BCUT2D eigenvalue weighted by Crippen LogP contribution is 2.57. The van der Waals surface area contributed by atoms with Gasteiger partial charge in [-0.3, -0.25) is 24.5 Å². The van der Waals surface area contributed by atoms with Crippen molar-refractivity contribution in [1.29, 1.82) is 0 Å². The number of Topliss-reactive ketones (excluding diaryl/α,β-unsaturated/α-hetero) is 1. The van der Waals surface area contributed by atoms with E-state index in [1.807, 2.05) is 0 Å². The number of nitrogens with zero attached hydrogens (tertiary/aromatic N) is 2. The minimum absolute atomic E-state index is 0.0290. The van der Waals surface area contributed by atoms with Crippen molar-refractivity contribution in [1.82, 2.24) is 0 Å². The number of non-ortho nitro benzene ring substituents is 1. The fourth-order valence-corrected chi connectivity index (χ4v) is 5.69. The zero-order valence-electron chi connectivity index (χ0n) is 16.9. The molecule has 4 atom stereocenters. The molecule has 164 valence electrons. The predicted octanol–water partition coefficient (Wildman–Crippen LogP) is 4.15. The number of rotatable bonds is 6. The molecule has 5 rings (SSSR count). The fourth-order valence-electron chi connectivity index (χ4n) is 5.43. The van der Waals surface area contributed by atoms with E-state index in [1.165, 1.54) is 12.1 Å². The van der Waals surface area contributed by atoms with Crippen molar-refractivity contribution >= 4 is 44.9 Å². The maximum atomic E-state index is 13.2. The highest BCUT2D eigenvalue weighted by Gasteiger charge is 2.61. The number of carbonyl (C=O) groups excluding carboxylic acids is 3. The van der Waals surface area contributed by atoms with Gasteiger partial charge in [-0.1, -0.05) is 28.1 Å². The summed E-state index contributed by atoms with van der Waals surface area (Å²) < 4.78 is 6.48. The highest BCUT2D eigenvalue weighted by atomic mass is 79.9. The molecule has 3 fully saturated rings. The van der Waals surface area contributed by atoms with Gasteiger partial charge in [-0.2, -0.15) is 0 Å². The topological polar surface area (TPSA) is 107 Å². The quantitative estimate of drug-likeness (QED) is 0.256. The second-order valence-corrected chi connectivity index (χ2v) is 9.44. The molecule has 1 aliphatic heterocycles. The molecular formula is C23H19BrN2O6. The zero-order chi connectivity index (χ0) is 22.6. The summed E-state index contributed by atoms with van der Waals surface area (Å²) in [4.78, 5) is 50.7. The lowest BCUT2D eigenvalue weighted by Gasteiger charge is -2.20. The lowest BCUT2D eigenvalue weighted by Crippen LogP contribution is -2.33. The Bertz CT molecular complexity index is 1120. The number of ether oxygens (including phenoxy) is 1. The minimum Gasteiger partial charge on any atom is -0.483 e. The average Bonchev–Trinajstić information content (AvgIpc) is 3.46. The largest absolute Gasteiger partial charge is 0.483 e. The van der Waals surface area contributed by atoms with Crippen LogP contribution in [0.3, 0.4) is 0 Å². The molecule has 2 amide bonds. The van der Waals surface area contributed by atoms with E-state index in [1.54, 1.807) is 24.3 Å². The molecule has 3 aliphatic rings. The normalized spacial score (nSPS) is 25.8. The summed E-state index contributed by atoms with van der Waals surface area (Å²) in [6, 6.07) is 10.5. The van der Waals surface area contributed by atoms with Gasteiger partial charge in [0, 0.05) is 16.1 Å². The number of benzene rings is 2. The molecule has 1 heterocycles. The van der Waals surface area contributed by atoms with Crippen molar-refractivity contribution in [3.8, 4) is 5.75 Å². The molecule has 1 saturated heterocycles. The second kappa shape index (κ2) is 7.81. The van der Waals surface area contributed by atoms with E-state index in [-0.39, 0.29) is 65.0 Å². The number of imide groups is 1. The number of halogens is 1. The molecule has 9 heteroatoms. The lowest BCUT2D eigenvalue weighted by molar-refractivity contribution is -0.384. The molecule has 0 N–H and O–H groups in total. The standard InChI is InChI=1S/C23H19BrN2O6/c24-15-5-3-12(4-6-15)18(27)11-32-19-10-16(26(30)31)7-8-17(19)25-22(28)20-13-1-2-14(9-13)21(20)23(25)29/h3-8,10,13-14,20-21H,1-2,9,11H2/t13-,14-,20-,21-/m0/s1. The van der Waals surface area contributed by atoms with E-state index in [0.29, 0.717) is 5.56 Å². The first-order valence-corrected chi connectivity index (χ1v) is 11.2. The Morgan fingerprint density at radius 2 is 1.69 bits per heavy atom. The van der Waals surface area contributed by atoms with Crippen LogP contribution < -0.4 is 9.64 Å². The van der Waals surface area contributed by atoms with Crippen molar-refractivity contribution in [3.63, 3.8) is 0 Å². The molecule has 2 aromatic carbocycles. The number of nitro benzene ring substituents is 1. The molecule has 32 heavy (non-hydrogen) atoms. The van der Waals surface area contributed by atoms with Crippen molar-refractivity contribution in [2.24, 2.45) is 23.7 Å². The smallest absolute Gasteiger partial charge is 0.273 e. The van der Waals surface area contributed by atoms with Gasteiger partial charge in [0.05, 0.1) is 28.5 Å². The Morgan fingerprint density at radius 1 is 1.06 bits per heavy atom. The molecule has 0 spiro atoms. The molecule has 2 saturated carbocycles. The number of anilines is 1. The minimum atomic E-state index is -0.588. The Balaban J connectivity index is 1.44. The summed E-state index contributed by atoms with van der Waals surface area (Å²) in [6.07, 6.45) is 2.81. The first-order chi connectivity index (χ1) is 15.3. The Labute approximate surface area is 191 Å². The third-order valence-corrected chi connectivity index (χ3v) is 7.38. The van der Waals surface area contributed by atoms with Crippen molar-refractivity contribution in [2.45, 2.75) is 19.3 Å². The SMILES string of the molecule is O=C(COc1cc([N+](=O)[O-])ccc1N1C(=O)[C@H]2[C@H]3CC[C@@H](C3)[C@@H]2C1=O)c1ccc(Br)cc1. The Morgan fingerprint density at radius 3 is 2.28 bits per heavy atom. The summed E-state index contributed by atoms with van der Waals surface area (Å²) in [5, 5.41) is 11.3. The zero-order valence-corrected chi connectivity index (χ0v) is 18.5.